The molecule has 0 fully saturated rings. The van der Waals surface area contributed by atoms with Crippen LogP contribution in [0.5, 0.6) is 5.75 Å². The second-order valence-electron chi connectivity index (χ2n) is 4.57. The number of aromatic nitrogens is 1. The van der Waals surface area contributed by atoms with Gasteiger partial charge in [-0.05, 0) is 36.4 Å². The molecule has 0 spiro atoms. The Balaban J connectivity index is 2.15. The fourth-order valence-electron chi connectivity index (χ4n) is 2.23. The zero-order chi connectivity index (χ0) is 15.0. The highest BCUT2D eigenvalue weighted by Gasteiger charge is 2.17. The number of carbonyl (C=O) groups excluding carboxylic acids is 1. The molecule has 106 valence electrons. The second-order valence-corrected chi connectivity index (χ2v) is 5.41. The highest BCUT2D eigenvalue weighted by Crippen LogP contribution is 2.28. The van der Waals surface area contributed by atoms with Crippen molar-refractivity contribution in [1.82, 2.24) is 4.98 Å². The van der Waals surface area contributed by atoms with E-state index in [1.165, 1.54) is 0 Å². The molecule has 1 N–H and O–H groups in total. The van der Waals surface area contributed by atoms with E-state index in [9.17, 15) is 4.79 Å². The normalized spacial score (nSPS) is 10.8. The van der Waals surface area contributed by atoms with Gasteiger partial charge >= 0.3 is 0 Å². The highest BCUT2D eigenvalue weighted by molar-refractivity contribution is 6.37. The van der Waals surface area contributed by atoms with Gasteiger partial charge in [-0.15, -0.1) is 0 Å². The van der Waals surface area contributed by atoms with Crippen LogP contribution in [0.1, 0.15) is 15.9 Å². The number of ketones is 1. The van der Waals surface area contributed by atoms with Crippen LogP contribution in [-0.2, 0) is 0 Å². The minimum Gasteiger partial charge on any atom is -0.497 e. The van der Waals surface area contributed by atoms with Crippen LogP contribution >= 0.6 is 23.2 Å². The van der Waals surface area contributed by atoms with Gasteiger partial charge in [0, 0.05) is 33.2 Å². The van der Waals surface area contributed by atoms with Crippen LogP contribution in [0, 0.1) is 0 Å². The van der Waals surface area contributed by atoms with Gasteiger partial charge in [0.25, 0.3) is 0 Å². The zero-order valence-electron chi connectivity index (χ0n) is 11.1. The lowest BCUT2D eigenvalue weighted by Crippen LogP contribution is -2.01. The van der Waals surface area contributed by atoms with Crippen molar-refractivity contribution in [1.29, 1.82) is 0 Å². The fourth-order valence-corrected chi connectivity index (χ4v) is 2.61. The highest BCUT2D eigenvalue weighted by atomic mass is 35.5. The Morgan fingerprint density at radius 1 is 1.10 bits per heavy atom. The summed E-state index contributed by atoms with van der Waals surface area (Å²) in [5.41, 5.74) is 1.78. The molecule has 0 aliphatic rings. The van der Waals surface area contributed by atoms with Gasteiger partial charge in [-0.1, -0.05) is 23.2 Å². The van der Waals surface area contributed by atoms with E-state index < -0.39 is 0 Å². The number of benzene rings is 2. The molecule has 1 heterocycles. The van der Waals surface area contributed by atoms with E-state index in [1.54, 1.807) is 31.5 Å². The number of H-pyrrole nitrogens is 1. The number of hydrogen-bond acceptors (Lipinski definition) is 2. The molecule has 5 heteroatoms. The maximum Gasteiger partial charge on any atom is 0.196 e. The second kappa shape index (κ2) is 5.43. The van der Waals surface area contributed by atoms with Crippen LogP contribution in [0.3, 0.4) is 0 Å². The molecule has 21 heavy (non-hydrogen) atoms. The maximum absolute atomic E-state index is 12.7. The Hall–Kier alpha value is -1.97. The molecular formula is C16H11Cl2NO2. The van der Waals surface area contributed by atoms with Crippen molar-refractivity contribution in [2.45, 2.75) is 0 Å². The minimum atomic E-state index is -0.179. The topological polar surface area (TPSA) is 42.1 Å². The first-order chi connectivity index (χ1) is 10.1. The molecule has 0 radical (unpaired) electrons. The summed E-state index contributed by atoms with van der Waals surface area (Å²) in [4.78, 5) is 15.8. The van der Waals surface area contributed by atoms with E-state index in [2.05, 4.69) is 4.98 Å². The summed E-state index contributed by atoms with van der Waals surface area (Å²) in [6.07, 6.45) is 1.67. The number of aromatic amines is 1. The molecule has 2 aromatic carbocycles. The molecule has 0 bridgehead atoms. The standard InChI is InChI=1S/C16H11Cl2NO2/c1-21-10-3-5-15-11(7-10)13(8-19-15)16(20)12-6-9(17)2-4-14(12)18/h2-8,19H,1H3. The summed E-state index contributed by atoms with van der Waals surface area (Å²) < 4.78 is 5.20. The van der Waals surface area contributed by atoms with E-state index >= 15 is 0 Å². The van der Waals surface area contributed by atoms with E-state index in [1.807, 2.05) is 18.2 Å². The lowest BCUT2D eigenvalue weighted by molar-refractivity contribution is 0.104. The third-order valence-electron chi connectivity index (χ3n) is 3.31. The average molecular weight is 320 g/mol. The van der Waals surface area contributed by atoms with Crippen LogP contribution in [-0.4, -0.2) is 17.9 Å². The Morgan fingerprint density at radius 2 is 1.90 bits per heavy atom. The maximum atomic E-state index is 12.7. The van der Waals surface area contributed by atoms with Crippen LogP contribution in [0.15, 0.2) is 42.6 Å². The van der Waals surface area contributed by atoms with Crippen molar-refractivity contribution >= 4 is 39.9 Å². The van der Waals surface area contributed by atoms with Crippen LogP contribution < -0.4 is 4.74 Å². The lowest BCUT2D eigenvalue weighted by atomic mass is 10.0. The molecule has 1 aromatic heterocycles. The minimum absolute atomic E-state index is 0.179. The predicted octanol–water partition coefficient (Wildman–Crippen LogP) is 4.71. The van der Waals surface area contributed by atoms with E-state index in [4.69, 9.17) is 27.9 Å². The van der Waals surface area contributed by atoms with E-state index in [0.29, 0.717) is 26.9 Å². The van der Waals surface area contributed by atoms with Gasteiger partial charge < -0.3 is 9.72 Å². The number of ether oxygens (including phenoxy) is 1. The molecule has 0 aliphatic heterocycles. The Kier molecular flexibility index (Phi) is 3.62. The number of fused-ring (bicyclic) bond motifs is 1. The summed E-state index contributed by atoms with van der Waals surface area (Å²) in [7, 11) is 1.59. The van der Waals surface area contributed by atoms with Gasteiger partial charge in [0.15, 0.2) is 5.78 Å². The Morgan fingerprint density at radius 3 is 2.67 bits per heavy atom. The molecular weight excluding hydrogens is 309 g/mol. The summed E-state index contributed by atoms with van der Waals surface area (Å²) in [5, 5.41) is 1.64. The molecule has 0 saturated heterocycles. The quantitative estimate of drug-likeness (QED) is 0.710. The summed E-state index contributed by atoms with van der Waals surface area (Å²) in [5.74, 6) is 0.510. The lowest BCUT2D eigenvalue weighted by Gasteiger charge is -2.04. The number of carbonyl (C=O) groups is 1. The molecule has 3 rings (SSSR count). The number of halogens is 2. The third kappa shape index (κ3) is 2.50. The Labute approximate surface area is 131 Å². The SMILES string of the molecule is COc1ccc2[nH]cc(C(=O)c3cc(Cl)ccc3Cl)c2c1. The van der Waals surface area contributed by atoms with Crippen molar-refractivity contribution in [2.24, 2.45) is 0 Å². The van der Waals surface area contributed by atoms with Gasteiger partial charge in [0.05, 0.1) is 12.1 Å². The van der Waals surface area contributed by atoms with Gasteiger partial charge in [-0.3, -0.25) is 4.79 Å². The monoisotopic (exact) mass is 319 g/mol. The van der Waals surface area contributed by atoms with Crippen molar-refractivity contribution in [3.05, 3.63) is 63.8 Å². The van der Waals surface area contributed by atoms with Crippen LogP contribution in [0.4, 0.5) is 0 Å². The van der Waals surface area contributed by atoms with E-state index in [-0.39, 0.29) is 5.78 Å². The largest absolute Gasteiger partial charge is 0.497 e. The van der Waals surface area contributed by atoms with Crippen LogP contribution in [0.25, 0.3) is 10.9 Å². The average Bonchev–Trinajstić information content (AvgIpc) is 2.91. The third-order valence-corrected chi connectivity index (χ3v) is 3.87. The van der Waals surface area contributed by atoms with Crippen molar-refractivity contribution < 1.29 is 9.53 Å². The first kappa shape index (κ1) is 14.0. The molecule has 0 unspecified atom stereocenters. The van der Waals surface area contributed by atoms with E-state index in [0.717, 1.165) is 10.9 Å². The molecule has 0 atom stereocenters. The molecule has 0 aliphatic carbocycles. The van der Waals surface area contributed by atoms with Gasteiger partial charge in [0.1, 0.15) is 5.75 Å². The Bertz CT molecular complexity index is 839. The number of methoxy groups -OCH3 is 1. The molecule has 3 nitrogen and oxygen atoms in total. The molecule has 3 aromatic rings. The number of rotatable bonds is 3. The predicted molar refractivity (Wildman–Crippen MR) is 84.7 cm³/mol. The van der Waals surface area contributed by atoms with Gasteiger partial charge in [-0.2, -0.15) is 0 Å². The van der Waals surface area contributed by atoms with Crippen molar-refractivity contribution in [2.75, 3.05) is 7.11 Å². The van der Waals surface area contributed by atoms with Gasteiger partial charge in [-0.25, -0.2) is 0 Å². The first-order valence-electron chi connectivity index (χ1n) is 6.25. The number of nitrogens with one attached hydrogen (secondary N) is 1. The summed E-state index contributed by atoms with van der Waals surface area (Å²) in [6.45, 7) is 0. The molecule has 0 saturated carbocycles. The molecule has 0 amide bonds. The fraction of sp³-hybridized carbons (Fsp3) is 0.0625. The smallest absolute Gasteiger partial charge is 0.196 e. The first-order valence-corrected chi connectivity index (χ1v) is 7.00. The van der Waals surface area contributed by atoms with Gasteiger partial charge in [0.2, 0.25) is 0 Å². The summed E-state index contributed by atoms with van der Waals surface area (Å²) >= 11 is 12.1. The van der Waals surface area contributed by atoms with Crippen molar-refractivity contribution in [3.63, 3.8) is 0 Å². The number of hydrogen-bond donors (Lipinski definition) is 1. The van der Waals surface area contributed by atoms with Crippen LogP contribution in [0.2, 0.25) is 10.0 Å². The zero-order valence-corrected chi connectivity index (χ0v) is 12.6. The summed E-state index contributed by atoms with van der Waals surface area (Å²) in [6, 6.07) is 10.4. The van der Waals surface area contributed by atoms with Crippen molar-refractivity contribution in [3.8, 4) is 5.75 Å².